The summed E-state index contributed by atoms with van der Waals surface area (Å²) < 4.78 is 6.01. The lowest BCUT2D eigenvalue weighted by Gasteiger charge is -2.37. The Kier molecular flexibility index (Phi) is 6.60. The molecule has 0 bridgehead atoms. The average Bonchev–Trinajstić information content (AvgIpc) is 2.89. The number of ether oxygens (including phenoxy) is 1. The predicted octanol–water partition coefficient (Wildman–Crippen LogP) is 3.81. The van der Waals surface area contributed by atoms with E-state index in [9.17, 15) is 19.5 Å². The highest BCUT2D eigenvalue weighted by Gasteiger charge is 2.32. The minimum Gasteiger partial charge on any atom is -0.480 e. The van der Waals surface area contributed by atoms with Crippen LogP contribution in [0.3, 0.4) is 0 Å². The molecule has 9 nitrogen and oxygen atoms in total. The maximum absolute atomic E-state index is 12.4. The van der Waals surface area contributed by atoms with E-state index in [1.165, 1.54) is 0 Å². The molecule has 5 rings (SSSR count). The summed E-state index contributed by atoms with van der Waals surface area (Å²) in [7, 11) is 0. The number of pyridine rings is 2. The predicted molar refractivity (Wildman–Crippen MR) is 142 cm³/mol. The normalized spacial score (nSPS) is 16.6. The van der Waals surface area contributed by atoms with Crippen LogP contribution < -0.4 is 25.8 Å². The number of carboxylic acid groups (broad SMARTS) is 1. The number of benzene rings is 1. The van der Waals surface area contributed by atoms with Crippen LogP contribution in [0.4, 0.5) is 11.4 Å². The fourth-order valence-corrected chi connectivity index (χ4v) is 4.90. The molecule has 4 aromatic rings. The van der Waals surface area contributed by atoms with Crippen molar-refractivity contribution in [1.82, 2.24) is 9.97 Å². The molecule has 2 aromatic heterocycles. The first-order valence-corrected chi connectivity index (χ1v) is 12.4. The number of fused-ring (bicyclic) bond motifs is 1. The number of nitrogens with one attached hydrogen (secondary N) is 1. The molecule has 1 saturated heterocycles. The highest BCUT2D eigenvalue weighted by molar-refractivity contribution is 5.86. The lowest BCUT2D eigenvalue weighted by Crippen LogP contribution is -2.49. The van der Waals surface area contributed by atoms with Gasteiger partial charge < -0.3 is 20.1 Å². The molecule has 0 amide bonds. The lowest BCUT2D eigenvalue weighted by molar-refractivity contribution is -0.137. The van der Waals surface area contributed by atoms with Gasteiger partial charge in [-0.2, -0.15) is 0 Å². The van der Waals surface area contributed by atoms with Gasteiger partial charge in [0, 0.05) is 37.1 Å². The molecule has 0 saturated carbocycles. The Morgan fingerprint density at radius 3 is 2.70 bits per heavy atom. The molecule has 2 aromatic carbocycles. The molecule has 37 heavy (non-hydrogen) atoms. The molecule has 1 aliphatic heterocycles. The molecule has 2 N–H and O–H groups in total. The zero-order valence-electron chi connectivity index (χ0n) is 20.7. The van der Waals surface area contributed by atoms with Crippen LogP contribution >= 0.6 is 0 Å². The molecule has 3 heterocycles. The SMILES string of the molecule is Cc1cc2ccncc2c(Oc2ccc(C[C@H](Nc3c(N4CCCCC4C)c(=O)c3=O)C(=O)O)cc2)n1. The molecule has 9 heteroatoms. The van der Waals surface area contributed by atoms with Gasteiger partial charge in [-0.1, -0.05) is 12.1 Å². The third kappa shape index (κ3) is 4.89. The van der Waals surface area contributed by atoms with Crippen LogP contribution in [-0.4, -0.2) is 39.7 Å². The number of aliphatic carboxylic acids is 1. The Hall–Kier alpha value is -4.27. The number of carbonyl (C=O) groups is 1. The summed E-state index contributed by atoms with van der Waals surface area (Å²) in [5, 5.41) is 14.5. The zero-order valence-corrected chi connectivity index (χ0v) is 20.7. The smallest absolute Gasteiger partial charge is 0.326 e. The number of anilines is 2. The van der Waals surface area contributed by atoms with Gasteiger partial charge in [-0.25, -0.2) is 9.78 Å². The summed E-state index contributed by atoms with van der Waals surface area (Å²) in [5.41, 5.74) is 0.779. The molecular formula is C28H28N4O5. The largest absolute Gasteiger partial charge is 0.480 e. The third-order valence-electron chi connectivity index (χ3n) is 6.90. The van der Waals surface area contributed by atoms with Crippen molar-refractivity contribution in [2.45, 2.75) is 51.6 Å². The van der Waals surface area contributed by atoms with Crippen molar-refractivity contribution in [2.75, 3.05) is 16.8 Å². The van der Waals surface area contributed by atoms with E-state index in [-0.39, 0.29) is 18.2 Å². The van der Waals surface area contributed by atoms with Gasteiger partial charge in [-0.05, 0) is 68.3 Å². The number of aromatic nitrogens is 2. The quantitative estimate of drug-likeness (QED) is 0.348. The first-order chi connectivity index (χ1) is 17.8. The van der Waals surface area contributed by atoms with E-state index in [0.29, 0.717) is 23.9 Å². The summed E-state index contributed by atoms with van der Waals surface area (Å²) in [6, 6.07) is 9.96. The fraction of sp³-hybridized carbons (Fsp3) is 0.321. The zero-order chi connectivity index (χ0) is 26.1. The van der Waals surface area contributed by atoms with Gasteiger partial charge in [0.2, 0.25) is 5.88 Å². The second kappa shape index (κ2) is 10.0. The van der Waals surface area contributed by atoms with Crippen LogP contribution in [0.5, 0.6) is 11.6 Å². The van der Waals surface area contributed by atoms with Gasteiger partial charge in [-0.3, -0.25) is 14.6 Å². The van der Waals surface area contributed by atoms with E-state index >= 15 is 0 Å². The first kappa shape index (κ1) is 24.4. The van der Waals surface area contributed by atoms with Crippen LogP contribution in [0, 0.1) is 6.92 Å². The minimum atomic E-state index is -1.10. The van der Waals surface area contributed by atoms with Gasteiger partial charge >= 0.3 is 5.97 Å². The van der Waals surface area contributed by atoms with Crippen molar-refractivity contribution >= 4 is 28.1 Å². The van der Waals surface area contributed by atoms with Gasteiger partial charge in [0.25, 0.3) is 10.9 Å². The standard InChI is InChI=1S/C28H28N4O5/c1-16-13-19-10-11-29-15-21(19)27(30-16)37-20-8-6-18(7-9-20)14-22(28(35)36)31-23-24(26(34)25(23)33)32-12-4-3-5-17(32)2/h6-11,13,15,17,22,31H,3-5,12,14H2,1-2H3,(H,35,36)/t17?,22-/m0/s1. The van der Waals surface area contributed by atoms with Gasteiger partial charge in [0.15, 0.2) is 0 Å². The van der Waals surface area contributed by atoms with Crippen molar-refractivity contribution in [3.05, 3.63) is 80.5 Å². The molecule has 190 valence electrons. The summed E-state index contributed by atoms with van der Waals surface area (Å²) in [4.78, 5) is 47.3. The highest BCUT2D eigenvalue weighted by atomic mass is 16.5. The van der Waals surface area contributed by atoms with Gasteiger partial charge in [-0.15, -0.1) is 0 Å². The number of nitrogens with zero attached hydrogens (tertiary/aromatic N) is 3. The van der Waals surface area contributed by atoms with Crippen LogP contribution in [-0.2, 0) is 11.2 Å². The van der Waals surface area contributed by atoms with E-state index in [1.54, 1.807) is 36.7 Å². The van der Waals surface area contributed by atoms with Crippen LogP contribution in [0.2, 0.25) is 0 Å². The van der Waals surface area contributed by atoms with Crippen LogP contribution in [0.25, 0.3) is 10.8 Å². The van der Waals surface area contributed by atoms with Gasteiger partial charge in [0.1, 0.15) is 23.2 Å². The molecule has 0 aliphatic carbocycles. The van der Waals surface area contributed by atoms with E-state index in [4.69, 9.17) is 4.74 Å². The summed E-state index contributed by atoms with van der Waals surface area (Å²) in [6.07, 6.45) is 6.48. The van der Waals surface area contributed by atoms with E-state index in [2.05, 4.69) is 15.3 Å². The number of hydrogen-bond acceptors (Lipinski definition) is 8. The Morgan fingerprint density at radius 2 is 1.97 bits per heavy atom. The highest BCUT2D eigenvalue weighted by Crippen LogP contribution is 2.30. The van der Waals surface area contributed by atoms with Gasteiger partial charge in [0.05, 0.1) is 5.39 Å². The van der Waals surface area contributed by atoms with Crippen LogP contribution in [0.1, 0.15) is 37.4 Å². The third-order valence-corrected chi connectivity index (χ3v) is 6.90. The summed E-state index contributed by atoms with van der Waals surface area (Å²) in [5.74, 6) is -0.106. The molecule has 2 atom stereocenters. The maximum atomic E-state index is 12.4. The second-order valence-electron chi connectivity index (χ2n) is 9.57. The van der Waals surface area contributed by atoms with E-state index in [0.717, 1.165) is 41.3 Å². The van der Waals surface area contributed by atoms with Crippen molar-refractivity contribution in [1.29, 1.82) is 0 Å². The minimum absolute atomic E-state index is 0.108. The fourth-order valence-electron chi connectivity index (χ4n) is 4.90. The molecule has 1 aliphatic rings. The Morgan fingerprint density at radius 1 is 1.19 bits per heavy atom. The summed E-state index contributed by atoms with van der Waals surface area (Å²) in [6.45, 7) is 4.59. The second-order valence-corrected chi connectivity index (χ2v) is 9.57. The summed E-state index contributed by atoms with van der Waals surface area (Å²) >= 11 is 0. The molecular weight excluding hydrogens is 472 g/mol. The van der Waals surface area contributed by atoms with E-state index in [1.807, 2.05) is 30.9 Å². The number of piperidine rings is 1. The lowest BCUT2D eigenvalue weighted by atomic mass is 9.99. The molecule has 0 radical (unpaired) electrons. The first-order valence-electron chi connectivity index (χ1n) is 12.4. The molecule has 1 unspecified atom stereocenters. The number of aryl methyl sites for hydroxylation is 1. The Bertz CT molecular complexity index is 1520. The number of rotatable bonds is 8. The Labute approximate surface area is 213 Å². The van der Waals surface area contributed by atoms with Crippen molar-refractivity contribution in [2.24, 2.45) is 0 Å². The van der Waals surface area contributed by atoms with Crippen molar-refractivity contribution in [3.8, 4) is 11.6 Å². The maximum Gasteiger partial charge on any atom is 0.326 e. The van der Waals surface area contributed by atoms with Crippen molar-refractivity contribution < 1.29 is 14.6 Å². The number of carboxylic acids is 1. The van der Waals surface area contributed by atoms with Crippen molar-refractivity contribution in [3.63, 3.8) is 0 Å². The van der Waals surface area contributed by atoms with Crippen LogP contribution in [0.15, 0.2) is 58.4 Å². The molecule has 0 spiro atoms. The van der Waals surface area contributed by atoms with E-state index < -0.39 is 22.9 Å². The molecule has 1 fully saturated rings. The average molecular weight is 501 g/mol. The monoisotopic (exact) mass is 500 g/mol. The Balaban J connectivity index is 1.32. The number of hydrogen-bond donors (Lipinski definition) is 2. The topological polar surface area (TPSA) is 122 Å².